The standard InChI is InChI=1S/C12H16BrN3O/c13-9-1-3-11(4-2-9)15-12(17)8-16-6-5-10(14)7-16/h1-4,10H,5-8,14H2,(H,15,17)/t10-/m0/s1. The van der Waals surface area contributed by atoms with Crippen molar-refractivity contribution in [2.45, 2.75) is 12.5 Å². The van der Waals surface area contributed by atoms with Gasteiger partial charge in [0.2, 0.25) is 5.91 Å². The fourth-order valence-corrected chi connectivity index (χ4v) is 2.21. The summed E-state index contributed by atoms with van der Waals surface area (Å²) >= 11 is 3.35. The fourth-order valence-electron chi connectivity index (χ4n) is 1.94. The number of likely N-dealkylation sites (tertiary alicyclic amines) is 1. The Bertz CT molecular complexity index is 393. The Morgan fingerprint density at radius 3 is 2.76 bits per heavy atom. The second-order valence-corrected chi connectivity index (χ2v) is 5.25. The van der Waals surface area contributed by atoms with Gasteiger partial charge in [-0.1, -0.05) is 15.9 Å². The van der Waals surface area contributed by atoms with E-state index in [1.54, 1.807) is 0 Å². The molecule has 1 aliphatic rings. The highest BCUT2D eigenvalue weighted by Gasteiger charge is 2.20. The summed E-state index contributed by atoms with van der Waals surface area (Å²) < 4.78 is 1.00. The van der Waals surface area contributed by atoms with Crippen LogP contribution in [-0.4, -0.2) is 36.5 Å². The van der Waals surface area contributed by atoms with Crippen molar-refractivity contribution in [3.8, 4) is 0 Å². The van der Waals surface area contributed by atoms with E-state index in [9.17, 15) is 4.79 Å². The van der Waals surface area contributed by atoms with Crippen LogP contribution >= 0.6 is 15.9 Å². The number of carbonyl (C=O) groups excluding carboxylic acids is 1. The lowest BCUT2D eigenvalue weighted by atomic mass is 10.3. The van der Waals surface area contributed by atoms with Crippen LogP contribution in [0.5, 0.6) is 0 Å². The summed E-state index contributed by atoms with van der Waals surface area (Å²) in [5.74, 6) is 0.0152. The van der Waals surface area contributed by atoms with Gasteiger partial charge in [-0.05, 0) is 30.7 Å². The molecule has 0 radical (unpaired) electrons. The highest BCUT2D eigenvalue weighted by atomic mass is 79.9. The largest absolute Gasteiger partial charge is 0.326 e. The molecule has 1 atom stereocenters. The highest BCUT2D eigenvalue weighted by molar-refractivity contribution is 9.10. The van der Waals surface area contributed by atoms with E-state index in [0.29, 0.717) is 6.54 Å². The molecule has 0 spiro atoms. The lowest BCUT2D eigenvalue weighted by Crippen LogP contribution is -2.33. The Kier molecular flexibility index (Phi) is 4.15. The highest BCUT2D eigenvalue weighted by Crippen LogP contribution is 2.14. The van der Waals surface area contributed by atoms with Gasteiger partial charge in [0.15, 0.2) is 0 Å². The number of anilines is 1. The number of halogens is 1. The first-order chi connectivity index (χ1) is 8.13. The number of nitrogens with one attached hydrogen (secondary N) is 1. The van der Waals surface area contributed by atoms with Crippen LogP contribution in [0.1, 0.15) is 6.42 Å². The number of hydrogen-bond acceptors (Lipinski definition) is 3. The molecule has 0 aliphatic carbocycles. The van der Waals surface area contributed by atoms with E-state index in [1.165, 1.54) is 0 Å². The van der Waals surface area contributed by atoms with Crippen LogP contribution in [0.15, 0.2) is 28.7 Å². The van der Waals surface area contributed by atoms with Crippen molar-refractivity contribution in [3.63, 3.8) is 0 Å². The molecule has 1 aromatic carbocycles. The lowest BCUT2D eigenvalue weighted by molar-refractivity contribution is -0.117. The van der Waals surface area contributed by atoms with E-state index >= 15 is 0 Å². The van der Waals surface area contributed by atoms with Gasteiger partial charge in [-0.15, -0.1) is 0 Å². The van der Waals surface area contributed by atoms with Gasteiger partial charge in [0.1, 0.15) is 0 Å². The third-order valence-electron chi connectivity index (χ3n) is 2.80. The molecule has 1 aromatic rings. The van der Waals surface area contributed by atoms with Crippen molar-refractivity contribution >= 4 is 27.5 Å². The van der Waals surface area contributed by atoms with Gasteiger partial charge in [-0.25, -0.2) is 0 Å². The average molecular weight is 298 g/mol. The quantitative estimate of drug-likeness (QED) is 0.887. The molecule has 4 nitrogen and oxygen atoms in total. The van der Waals surface area contributed by atoms with Crippen LogP contribution in [0.2, 0.25) is 0 Å². The summed E-state index contributed by atoms with van der Waals surface area (Å²) in [4.78, 5) is 13.8. The zero-order chi connectivity index (χ0) is 12.3. The Labute approximate surface area is 109 Å². The maximum absolute atomic E-state index is 11.8. The predicted octanol–water partition coefficient (Wildman–Crippen LogP) is 1.42. The van der Waals surface area contributed by atoms with Gasteiger partial charge in [0.25, 0.3) is 0 Å². The molecule has 1 saturated heterocycles. The minimum atomic E-state index is 0.0152. The van der Waals surface area contributed by atoms with E-state index < -0.39 is 0 Å². The van der Waals surface area contributed by atoms with E-state index in [4.69, 9.17) is 5.73 Å². The minimum absolute atomic E-state index is 0.0152. The Balaban J connectivity index is 1.83. The van der Waals surface area contributed by atoms with Crippen LogP contribution in [0.3, 0.4) is 0 Å². The molecular formula is C12H16BrN3O. The smallest absolute Gasteiger partial charge is 0.238 e. The molecule has 2 rings (SSSR count). The maximum atomic E-state index is 11.8. The average Bonchev–Trinajstić information content (AvgIpc) is 2.67. The maximum Gasteiger partial charge on any atom is 0.238 e. The summed E-state index contributed by atoms with van der Waals surface area (Å²) in [5, 5.41) is 2.87. The van der Waals surface area contributed by atoms with Gasteiger partial charge >= 0.3 is 0 Å². The molecule has 0 bridgehead atoms. The van der Waals surface area contributed by atoms with E-state index in [-0.39, 0.29) is 11.9 Å². The molecule has 3 N–H and O–H groups in total. The molecule has 0 saturated carbocycles. The van der Waals surface area contributed by atoms with Gasteiger partial charge in [-0.3, -0.25) is 9.69 Å². The van der Waals surface area contributed by atoms with Crippen LogP contribution < -0.4 is 11.1 Å². The number of nitrogens with zero attached hydrogens (tertiary/aromatic N) is 1. The SMILES string of the molecule is N[C@H]1CCN(CC(=O)Nc2ccc(Br)cc2)C1. The van der Waals surface area contributed by atoms with Crippen LogP contribution in [0.25, 0.3) is 0 Å². The number of carbonyl (C=O) groups is 1. The third-order valence-corrected chi connectivity index (χ3v) is 3.33. The predicted molar refractivity (Wildman–Crippen MR) is 71.8 cm³/mol. The molecule has 92 valence electrons. The van der Waals surface area contributed by atoms with Crippen LogP contribution in [0, 0.1) is 0 Å². The third kappa shape index (κ3) is 3.80. The number of nitrogens with two attached hydrogens (primary N) is 1. The van der Waals surface area contributed by atoms with Gasteiger partial charge < -0.3 is 11.1 Å². The molecule has 1 amide bonds. The first kappa shape index (κ1) is 12.5. The van der Waals surface area contributed by atoms with Crippen molar-refractivity contribution in [2.24, 2.45) is 5.73 Å². The van der Waals surface area contributed by atoms with Crippen molar-refractivity contribution in [2.75, 3.05) is 25.0 Å². The zero-order valence-electron chi connectivity index (χ0n) is 9.53. The van der Waals surface area contributed by atoms with Gasteiger partial charge in [0, 0.05) is 29.3 Å². The van der Waals surface area contributed by atoms with Crippen molar-refractivity contribution < 1.29 is 4.79 Å². The first-order valence-electron chi connectivity index (χ1n) is 5.67. The second kappa shape index (κ2) is 5.62. The number of hydrogen-bond donors (Lipinski definition) is 2. The molecule has 1 aliphatic heterocycles. The lowest BCUT2D eigenvalue weighted by Gasteiger charge is -2.14. The summed E-state index contributed by atoms with van der Waals surface area (Å²) in [7, 11) is 0. The minimum Gasteiger partial charge on any atom is -0.326 e. The fraction of sp³-hybridized carbons (Fsp3) is 0.417. The zero-order valence-corrected chi connectivity index (χ0v) is 11.1. The normalized spacial score (nSPS) is 20.5. The number of benzene rings is 1. The Hall–Kier alpha value is -0.910. The van der Waals surface area contributed by atoms with E-state index in [1.807, 2.05) is 24.3 Å². The van der Waals surface area contributed by atoms with E-state index in [2.05, 4.69) is 26.1 Å². The van der Waals surface area contributed by atoms with Gasteiger partial charge in [0.05, 0.1) is 6.54 Å². The Morgan fingerprint density at radius 1 is 1.47 bits per heavy atom. The Morgan fingerprint density at radius 2 is 2.18 bits per heavy atom. The van der Waals surface area contributed by atoms with E-state index in [0.717, 1.165) is 29.7 Å². The number of rotatable bonds is 3. The molecular weight excluding hydrogens is 282 g/mol. The second-order valence-electron chi connectivity index (χ2n) is 4.34. The molecule has 0 aromatic heterocycles. The van der Waals surface area contributed by atoms with Gasteiger partial charge in [-0.2, -0.15) is 0 Å². The van der Waals surface area contributed by atoms with Crippen molar-refractivity contribution in [1.82, 2.24) is 4.90 Å². The molecule has 5 heteroatoms. The van der Waals surface area contributed by atoms with Crippen LogP contribution in [0.4, 0.5) is 5.69 Å². The first-order valence-corrected chi connectivity index (χ1v) is 6.46. The van der Waals surface area contributed by atoms with Crippen molar-refractivity contribution in [1.29, 1.82) is 0 Å². The summed E-state index contributed by atoms with van der Waals surface area (Å²) in [6.07, 6.45) is 0.978. The number of amides is 1. The molecule has 17 heavy (non-hydrogen) atoms. The molecule has 1 fully saturated rings. The topological polar surface area (TPSA) is 58.4 Å². The molecule has 0 unspecified atom stereocenters. The van der Waals surface area contributed by atoms with Crippen molar-refractivity contribution in [3.05, 3.63) is 28.7 Å². The monoisotopic (exact) mass is 297 g/mol. The van der Waals surface area contributed by atoms with Crippen LogP contribution in [-0.2, 0) is 4.79 Å². The molecule has 1 heterocycles. The summed E-state index contributed by atoms with van der Waals surface area (Å²) in [6.45, 7) is 2.15. The summed E-state index contributed by atoms with van der Waals surface area (Å²) in [5.41, 5.74) is 6.61. The summed E-state index contributed by atoms with van der Waals surface area (Å²) in [6, 6.07) is 7.77.